The van der Waals surface area contributed by atoms with Crippen molar-refractivity contribution in [3.8, 4) is 0 Å². The quantitative estimate of drug-likeness (QED) is 0.218. The summed E-state index contributed by atoms with van der Waals surface area (Å²) in [6.45, 7) is 9.50. The van der Waals surface area contributed by atoms with E-state index in [2.05, 4.69) is 56.5 Å². The van der Waals surface area contributed by atoms with Crippen LogP contribution in [0.4, 0.5) is 0 Å². The van der Waals surface area contributed by atoms with Crippen molar-refractivity contribution < 1.29 is 0 Å². The SMILES string of the molecule is CCNC(=NCCCn1nc(C)cc1C)NCCc1cn2ccccc2n1.I. The van der Waals surface area contributed by atoms with E-state index in [1.165, 1.54) is 5.69 Å². The second-order valence-electron chi connectivity index (χ2n) is 6.64. The molecule has 0 radical (unpaired) electrons. The molecular weight excluding hydrogens is 465 g/mol. The minimum absolute atomic E-state index is 0. The van der Waals surface area contributed by atoms with Crippen LogP contribution in [0, 0.1) is 13.8 Å². The molecule has 0 saturated heterocycles. The Balaban J connectivity index is 0.00000280. The van der Waals surface area contributed by atoms with Crippen LogP contribution in [0.2, 0.25) is 0 Å². The predicted molar refractivity (Wildman–Crippen MR) is 125 cm³/mol. The highest BCUT2D eigenvalue weighted by Crippen LogP contribution is 2.05. The Morgan fingerprint density at radius 2 is 2.07 bits per heavy atom. The van der Waals surface area contributed by atoms with Gasteiger partial charge in [-0.1, -0.05) is 6.07 Å². The van der Waals surface area contributed by atoms with E-state index in [1.807, 2.05) is 35.7 Å². The monoisotopic (exact) mass is 495 g/mol. The number of nitrogens with zero attached hydrogens (tertiary/aromatic N) is 5. The fourth-order valence-corrected chi connectivity index (χ4v) is 3.07. The summed E-state index contributed by atoms with van der Waals surface area (Å²) in [5.74, 6) is 0.856. The van der Waals surface area contributed by atoms with Crippen molar-refractivity contribution in [2.75, 3.05) is 19.6 Å². The van der Waals surface area contributed by atoms with Crippen LogP contribution in [0.3, 0.4) is 0 Å². The molecule has 0 bridgehead atoms. The molecule has 0 aliphatic rings. The van der Waals surface area contributed by atoms with Crippen LogP contribution in [-0.4, -0.2) is 44.8 Å². The van der Waals surface area contributed by atoms with E-state index in [9.17, 15) is 0 Å². The van der Waals surface area contributed by atoms with Gasteiger partial charge in [0.1, 0.15) is 5.65 Å². The van der Waals surface area contributed by atoms with Crippen molar-refractivity contribution in [2.45, 2.75) is 40.2 Å². The molecule has 0 amide bonds. The molecule has 0 aliphatic heterocycles. The van der Waals surface area contributed by atoms with Gasteiger partial charge in [0.2, 0.25) is 0 Å². The van der Waals surface area contributed by atoms with Crippen LogP contribution in [0.15, 0.2) is 41.7 Å². The van der Waals surface area contributed by atoms with Crippen molar-refractivity contribution in [1.29, 1.82) is 0 Å². The van der Waals surface area contributed by atoms with Crippen LogP contribution in [0.25, 0.3) is 5.65 Å². The first kappa shape index (κ1) is 22.2. The second kappa shape index (κ2) is 11.0. The number of pyridine rings is 1. The van der Waals surface area contributed by atoms with Crippen LogP contribution < -0.4 is 10.6 Å². The minimum Gasteiger partial charge on any atom is -0.357 e. The van der Waals surface area contributed by atoms with Crippen LogP contribution >= 0.6 is 24.0 Å². The minimum atomic E-state index is 0. The summed E-state index contributed by atoms with van der Waals surface area (Å²) in [5, 5.41) is 11.2. The number of rotatable bonds is 8. The molecule has 0 atom stereocenters. The fraction of sp³-hybridized carbons (Fsp3) is 0.450. The first-order valence-corrected chi connectivity index (χ1v) is 9.61. The van der Waals surface area contributed by atoms with Gasteiger partial charge in [-0.2, -0.15) is 5.10 Å². The Bertz CT molecular complexity index is 864. The molecule has 3 aromatic rings. The van der Waals surface area contributed by atoms with Crippen molar-refractivity contribution in [3.63, 3.8) is 0 Å². The zero-order valence-corrected chi connectivity index (χ0v) is 19.2. The van der Waals surface area contributed by atoms with Gasteiger partial charge < -0.3 is 15.0 Å². The van der Waals surface area contributed by atoms with Gasteiger partial charge >= 0.3 is 0 Å². The Kier molecular flexibility index (Phi) is 8.75. The molecular formula is C20H30IN7. The van der Waals surface area contributed by atoms with Gasteiger partial charge in [0, 0.05) is 50.7 Å². The highest BCUT2D eigenvalue weighted by molar-refractivity contribution is 14.0. The van der Waals surface area contributed by atoms with Crippen molar-refractivity contribution >= 4 is 35.6 Å². The normalized spacial score (nSPS) is 11.5. The number of aliphatic imine (C=N–C) groups is 1. The van der Waals surface area contributed by atoms with Crippen LogP contribution in [0.5, 0.6) is 0 Å². The average molecular weight is 495 g/mol. The van der Waals surface area contributed by atoms with E-state index in [-0.39, 0.29) is 24.0 Å². The maximum absolute atomic E-state index is 4.67. The number of halogens is 1. The van der Waals surface area contributed by atoms with Gasteiger partial charge in [-0.15, -0.1) is 24.0 Å². The van der Waals surface area contributed by atoms with Crippen molar-refractivity contribution in [3.05, 3.63) is 53.7 Å². The highest BCUT2D eigenvalue weighted by Gasteiger charge is 2.03. The summed E-state index contributed by atoms with van der Waals surface area (Å²) in [6.07, 6.45) is 5.92. The summed E-state index contributed by atoms with van der Waals surface area (Å²) in [5.41, 5.74) is 4.33. The smallest absolute Gasteiger partial charge is 0.191 e. The summed E-state index contributed by atoms with van der Waals surface area (Å²) in [4.78, 5) is 9.29. The van der Waals surface area contributed by atoms with Gasteiger partial charge in [-0.05, 0) is 45.4 Å². The molecule has 2 N–H and O–H groups in total. The Morgan fingerprint density at radius 1 is 1.21 bits per heavy atom. The van der Waals surface area contributed by atoms with Gasteiger partial charge in [0.25, 0.3) is 0 Å². The first-order chi connectivity index (χ1) is 13.2. The number of hydrogen-bond donors (Lipinski definition) is 2. The predicted octanol–water partition coefficient (Wildman–Crippen LogP) is 2.95. The molecule has 28 heavy (non-hydrogen) atoms. The largest absolute Gasteiger partial charge is 0.357 e. The molecule has 0 spiro atoms. The molecule has 0 saturated carbocycles. The molecule has 3 aromatic heterocycles. The summed E-state index contributed by atoms with van der Waals surface area (Å²) >= 11 is 0. The van der Waals surface area contributed by atoms with E-state index in [1.54, 1.807) is 0 Å². The lowest BCUT2D eigenvalue weighted by molar-refractivity contribution is 0.567. The van der Waals surface area contributed by atoms with Crippen LogP contribution in [0.1, 0.15) is 30.4 Å². The summed E-state index contributed by atoms with van der Waals surface area (Å²) in [6, 6.07) is 8.14. The maximum Gasteiger partial charge on any atom is 0.191 e. The van der Waals surface area contributed by atoms with E-state index >= 15 is 0 Å². The standard InChI is InChI=1S/C20H29N7.HI/c1-4-21-20(22-10-7-13-27-17(3)14-16(2)25-27)23-11-9-18-15-26-12-6-5-8-19(26)24-18;/h5-6,8,12,14-15H,4,7,9-11,13H2,1-3H3,(H2,21,22,23);1H. The van der Waals surface area contributed by atoms with Crippen LogP contribution in [-0.2, 0) is 13.0 Å². The van der Waals surface area contributed by atoms with E-state index in [0.717, 1.165) is 62.0 Å². The van der Waals surface area contributed by atoms with Gasteiger partial charge in [-0.3, -0.25) is 9.67 Å². The topological polar surface area (TPSA) is 71.5 Å². The van der Waals surface area contributed by atoms with E-state index in [0.29, 0.717) is 0 Å². The van der Waals surface area contributed by atoms with Gasteiger partial charge in [0.05, 0.1) is 11.4 Å². The van der Waals surface area contributed by atoms with Crippen molar-refractivity contribution in [1.82, 2.24) is 29.8 Å². The molecule has 7 nitrogen and oxygen atoms in total. The van der Waals surface area contributed by atoms with E-state index < -0.39 is 0 Å². The molecule has 0 unspecified atom stereocenters. The number of guanidine groups is 1. The zero-order valence-electron chi connectivity index (χ0n) is 16.9. The second-order valence-corrected chi connectivity index (χ2v) is 6.64. The molecule has 0 aliphatic carbocycles. The molecule has 8 heteroatoms. The number of nitrogens with one attached hydrogen (secondary N) is 2. The number of fused-ring (bicyclic) bond motifs is 1. The lowest BCUT2D eigenvalue weighted by Gasteiger charge is -2.10. The van der Waals surface area contributed by atoms with Gasteiger partial charge in [-0.25, -0.2) is 4.98 Å². The number of imidazole rings is 1. The molecule has 152 valence electrons. The molecule has 0 fully saturated rings. The number of hydrogen-bond acceptors (Lipinski definition) is 3. The Morgan fingerprint density at radius 3 is 2.79 bits per heavy atom. The summed E-state index contributed by atoms with van der Waals surface area (Å²) < 4.78 is 4.10. The third kappa shape index (κ3) is 6.22. The maximum atomic E-state index is 4.67. The third-order valence-corrected chi connectivity index (χ3v) is 4.33. The van der Waals surface area contributed by atoms with Crippen molar-refractivity contribution in [2.24, 2.45) is 4.99 Å². The molecule has 3 heterocycles. The Labute approximate surface area is 183 Å². The highest BCUT2D eigenvalue weighted by atomic mass is 127. The Hall–Kier alpha value is -2.10. The zero-order chi connectivity index (χ0) is 19.1. The average Bonchev–Trinajstić information content (AvgIpc) is 3.20. The number of aryl methyl sites for hydroxylation is 3. The lowest BCUT2D eigenvalue weighted by Crippen LogP contribution is -2.38. The van der Waals surface area contributed by atoms with E-state index in [4.69, 9.17) is 0 Å². The van der Waals surface area contributed by atoms with Gasteiger partial charge in [0.15, 0.2) is 5.96 Å². The third-order valence-electron chi connectivity index (χ3n) is 4.33. The number of aromatic nitrogens is 4. The lowest BCUT2D eigenvalue weighted by atomic mass is 10.3. The summed E-state index contributed by atoms with van der Waals surface area (Å²) in [7, 11) is 0. The molecule has 0 aromatic carbocycles. The molecule has 3 rings (SSSR count). The first-order valence-electron chi connectivity index (χ1n) is 9.61. The fourth-order valence-electron chi connectivity index (χ4n) is 3.07.